The van der Waals surface area contributed by atoms with Crippen LogP contribution in [-0.2, 0) is 11.3 Å². The van der Waals surface area contributed by atoms with E-state index < -0.39 is 0 Å². The van der Waals surface area contributed by atoms with E-state index in [1.165, 1.54) is 16.0 Å². The van der Waals surface area contributed by atoms with Crippen LogP contribution < -0.4 is 16.0 Å². The molecule has 0 amide bonds. The van der Waals surface area contributed by atoms with Gasteiger partial charge in [0.25, 0.3) is 0 Å². The molecule has 1 aromatic carbocycles. The summed E-state index contributed by atoms with van der Waals surface area (Å²) in [6, 6.07) is 8.36. The number of anilines is 2. The third kappa shape index (κ3) is 3.75. The van der Waals surface area contributed by atoms with Crippen molar-refractivity contribution in [2.45, 2.75) is 23.9 Å². The van der Waals surface area contributed by atoms with Crippen molar-refractivity contribution in [2.75, 3.05) is 42.3 Å². The second-order valence-electron chi connectivity index (χ2n) is 7.85. The van der Waals surface area contributed by atoms with Crippen LogP contribution in [-0.4, -0.2) is 52.5 Å². The lowest BCUT2D eigenvalue weighted by Crippen LogP contribution is -2.61. The lowest BCUT2D eigenvalue weighted by atomic mass is 9.99. The molecule has 2 aliphatic heterocycles. The third-order valence-electron chi connectivity index (χ3n) is 5.35. The Morgan fingerprint density at radius 1 is 1.28 bits per heavy atom. The smallest absolute Gasteiger partial charge is 0.228 e. The first-order valence-electron chi connectivity index (χ1n) is 9.79. The monoisotopic (exact) mass is 408 g/mol. The number of nitrogens with one attached hydrogen (secondary N) is 1. The standard InChI is InChI=1S/C21H24N6OS/c1-14-2-3-17-16(8-14)19(24-11-21(22)12-28-13-21)26-20(25-17)27-6-7-29-18-4-5-23-9-15(18)10-27/h2-5,8-9H,6-7,10-13,22H2,1H3,(H,24,25,26). The number of pyridine rings is 1. The largest absolute Gasteiger partial charge is 0.377 e. The minimum atomic E-state index is -0.328. The van der Waals surface area contributed by atoms with E-state index in [1.807, 2.05) is 24.2 Å². The number of rotatable bonds is 4. The molecule has 3 aromatic rings. The van der Waals surface area contributed by atoms with Crippen molar-refractivity contribution >= 4 is 34.4 Å². The Kier molecular flexibility index (Phi) is 4.77. The molecule has 0 spiro atoms. The molecule has 0 atom stereocenters. The van der Waals surface area contributed by atoms with E-state index in [1.54, 1.807) is 0 Å². The number of nitrogens with zero attached hydrogens (tertiary/aromatic N) is 4. The van der Waals surface area contributed by atoms with Gasteiger partial charge in [0.15, 0.2) is 0 Å². The SMILES string of the molecule is Cc1ccc2nc(N3CCSc4ccncc4C3)nc(NCC3(N)COC3)c2c1. The number of thioether (sulfide) groups is 1. The molecule has 1 saturated heterocycles. The summed E-state index contributed by atoms with van der Waals surface area (Å²) in [6.07, 6.45) is 3.80. The van der Waals surface area contributed by atoms with Crippen LogP contribution in [0.2, 0.25) is 0 Å². The number of hydrogen-bond acceptors (Lipinski definition) is 8. The Morgan fingerprint density at radius 3 is 3.00 bits per heavy atom. The van der Waals surface area contributed by atoms with Crippen molar-refractivity contribution in [1.29, 1.82) is 0 Å². The Morgan fingerprint density at radius 2 is 2.17 bits per heavy atom. The summed E-state index contributed by atoms with van der Waals surface area (Å²) in [5, 5.41) is 4.49. The van der Waals surface area contributed by atoms with Crippen LogP contribution in [0.15, 0.2) is 41.6 Å². The van der Waals surface area contributed by atoms with Gasteiger partial charge >= 0.3 is 0 Å². The highest BCUT2D eigenvalue weighted by molar-refractivity contribution is 7.99. The predicted octanol–water partition coefficient (Wildman–Crippen LogP) is 2.59. The minimum Gasteiger partial charge on any atom is -0.377 e. The van der Waals surface area contributed by atoms with Gasteiger partial charge in [-0.05, 0) is 25.1 Å². The Hall–Kier alpha value is -2.42. The molecule has 0 aliphatic carbocycles. The highest BCUT2D eigenvalue weighted by atomic mass is 32.2. The molecule has 5 rings (SSSR count). The van der Waals surface area contributed by atoms with Gasteiger partial charge in [-0.15, -0.1) is 11.8 Å². The summed E-state index contributed by atoms with van der Waals surface area (Å²) in [5.41, 5.74) is 9.32. The van der Waals surface area contributed by atoms with Crippen LogP contribution in [0.5, 0.6) is 0 Å². The molecule has 1 fully saturated rings. The predicted molar refractivity (Wildman–Crippen MR) is 117 cm³/mol. The van der Waals surface area contributed by atoms with E-state index in [0.29, 0.717) is 19.8 Å². The van der Waals surface area contributed by atoms with Crippen LogP contribution in [0, 0.1) is 6.92 Å². The maximum absolute atomic E-state index is 6.33. The lowest BCUT2D eigenvalue weighted by molar-refractivity contribution is -0.0461. The Balaban J connectivity index is 1.51. The molecule has 29 heavy (non-hydrogen) atoms. The molecule has 4 heterocycles. The van der Waals surface area contributed by atoms with Crippen LogP contribution in [0.1, 0.15) is 11.1 Å². The molecule has 8 heteroatoms. The number of fused-ring (bicyclic) bond motifs is 2. The van der Waals surface area contributed by atoms with Crippen molar-refractivity contribution in [2.24, 2.45) is 5.73 Å². The quantitative estimate of drug-likeness (QED) is 0.681. The van der Waals surface area contributed by atoms with E-state index in [0.717, 1.165) is 41.5 Å². The first-order chi connectivity index (χ1) is 14.1. The van der Waals surface area contributed by atoms with Gasteiger partial charge in [0, 0.05) is 53.6 Å². The van der Waals surface area contributed by atoms with Gasteiger partial charge in [0.05, 0.1) is 24.3 Å². The number of hydrogen-bond donors (Lipinski definition) is 2. The zero-order valence-corrected chi connectivity index (χ0v) is 17.2. The molecular formula is C21H24N6OS. The summed E-state index contributed by atoms with van der Waals surface area (Å²) in [6.45, 7) is 5.48. The summed E-state index contributed by atoms with van der Waals surface area (Å²) in [7, 11) is 0. The number of benzene rings is 1. The van der Waals surface area contributed by atoms with E-state index in [4.69, 9.17) is 20.4 Å². The highest BCUT2D eigenvalue weighted by Gasteiger charge is 2.34. The molecular weight excluding hydrogens is 384 g/mol. The summed E-state index contributed by atoms with van der Waals surface area (Å²) in [5.74, 6) is 2.55. The fourth-order valence-electron chi connectivity index (χ4n) is 3.63. The first kappa shape index (κ1) is 18.6. The van der Waals surface area contributed by atoms with E-state index in [-0.39, 0.29) is 5.54 Å². The molecule has 2 aromatic heterocycles. The number of aromatic nitrogens is 3. The lowest BCUT2D eigenvalue weighted by Gasteiger charge is -2.38. The molecule has 0 radical (unpaired) electrons. The van der Waals surface area contributed by atoms with Gasteiger partial charge in [-0.25, -0.2) is 4.98 Å². The van der Waals surface area contributed by atoms with Crippen LogP contribution >= 0.6 is 11.8 Å². The van der Waals surface area contributed by atoms with E-state index in [2.05, 4.69) is 46.4 Å². The zero-order valence-electron chi connectivity index (χ0n) is 16.4. The van der Waals surface area contributed by atoms with Crippen LogP contribution in [0.25, 0.3) is 10.9 Å². The van der Waals surface area contributed by atoms with Gasteiger partial charge < -0.3 is 20.7 Å². The fourth-order valence-corrected chi connectivity index (χ4v) is 4.62. The summed E-state index contributed by atoms with van der Waals surface area (Å²) in [4.78, 5) is 17.6. The third-order valence-corrected chi connectivity index (χ3v) is 6.44. The first-order valence-corrected chi connectivity index (χ1v) is 10.8. The fraction of sp³-hybridized carbons (Fsp3) is 0.381. The van der Waals surface area contributed by atoms with Crippen molar-refractivity contribution in [3.8, 4) is 0 Å². The number of aryl methyl sites for hydroxylation is 1. The van der Waals surface area contributed by atoms with Gasteiger partial charge in [-0.2, -0.15) is 4.98 Å². The molecule has 7 nitrogen and oxygen atoms in total. The van der Waals surface area contributed by atoms with Gasteiger partial charge in [-0.3, -0.25) is 4.98 Å². The summed E-state index contributed by atoms with van der Waals surface area (Å²) < 4.78 is 5.28. The molecule has 0 bridgehead atoms. The van der Waals surface area contributed by atoms with Crippen LogP contribution in [0.3, 0.4) is 0 Å². The Bertz CT molecular complexity index is 1050. The minimum absolute atomic E-state index is 0.328. The van der Waals surface area contributed by atoms with E-state index in [9.17, 15) is 0 Å². The zero-order chi connectivity index (χ0) is 19.8. The average Bonchev–Trinajstić information content (AvgIpc) is 2.93. The van der Waals surface area contributed by atoms with Crippen molar-refractivity contribution < 1.29 is 4.74 Å². The van der Waals surface area contributed by atoms with Crippen molar-refractivity contribution in [1.82, 2.24) is 15.0 Å². The molecule has 2 aliphatic rings. The number of ether oxygens (including phenoxy) is 1. The summed E-state index contributed by atoms with van der Waals surface area (Å²) >= 11 is 1.86. The second kappa shape index (κ2) is 7.44. The average molecular weight is 409 g/mol. The van der Waals surface area contributed by atoms with Gasteiger partial charge in [0.1, 0.15) is 5.82 Å². The maximum Gasteiger partial charge on any atom is 0.228 e. The highest BCUT2D eigenvalue weighted by Crippen LogP contribution is 2.30. The molecule has 3 N–H and O–H groups in total. The van der Waals surface area contributed by atoms with Crippen LogP contribution in [0.4, 0.5) is 11.8 Å². The van der Waals surface area contributed by atoms with Gasteiger partial charge in [0.2, 0.25) is 5.95 Å². The van der Waals surface area contributed by atoms with E-state index >= 15 is 0 Å². The number of nitrogens with two attached hydrogens (primary N) is 1. The topological polar surface area (TPSA) is 89.2 Å². The van der Waals surface area contributed by atoms with Gasteiger partial charge in [-0.1, -0.05) is 11.6 Å². The Labute approximate surface area is 174 Å². The van der Waals surface area contributed by atoms with Crippen molar-refractivity contribution in [3.63, 3.8) is 0 Å². The maximum atomic E-state index is 6.33. The molecule has 150 valence electrons. The van der Waals surface area contributed by atoms with Crippen molar-refractivity contribution in [3.05, 3.63) is 47.8 Å². The normalized spacial score (nSPS) is 18.1. The second-order valence-corrected chi connectivity index (χ2v) is 8.99. The molecule has 0 unspecified atom stereocenters. The molecule has 0 saturated carbocycles.